The molecule has 4 heterocycles. The van der Waals surface area contributed by atoms with Crippen LogP contribution in [0.2, 0.25) is 0 Å². The van der Waals surface area contributed by atoms with Gasteiger partial charge < -0.3 is 5.32 Å². The molecular weight excluding hydrogens is 440 g/mol. The van der Waals surface area contributed by atoms with E-state index in [-0.39, 0.29) is 28.5 Å². The predicted octanol–water partition coefficient (Wildman–Crippen LogP) is 4.97. The lowest BCUT2D eigenvalue weighted by Gasteiger charge is -2.13. The smallest absolute Gasteiger partial charge is 0.322 e. The number of nitrogens with zero attached hydrogens (tertiary/aromatic N) is 6. The molecule has 4 rings (SSSR count). The second kappa shape index (κ2) is 7.66. The molecule has 164 valence electrons. The summed E-state index contributed by atoms with van der Waals surface area (Å²) in [6, 6.07) is 2.41. The molecule has 0 atom stereocenters. The Bertz CT molecular complexity index is 1290. The number of anilines is 2. The Morgan fingerprint density at radius 1 is 0.812 bits per heavy atom. The van der Waals surface area contributed by atoms with Gasteiger partial charge in [0.25, 0.3) is 0 Å². The van der Waals surface area contributed by atoms with Gasteiger partial charge in [-0.25, -0.2) is 24.9 Å². The highest BCUT2D eigenvalue weighted by atomic mass is 19.4. The summed E-state index contributed by atoms with van der Waals surface area (Å²) in [6.45, 7) is 1.49. The van der Waals surface area contributed by atoms with Crippen molar-refractivity contribution in [3.63, 3.8) is 0 Å². The van der Waals surface area contributed by atoms with E-state index in [1.54, 1.807) is 0 Å². The summed E-state index contributed by atoms with van der Waals surface area (Å²) in [5.74, 6) is -0.143. The first-order chi connectivity index (χ1) is 15.0. The van der Waals surface area contributed by atoms with Crippen molar-refractivity contribution in [1.29, 1.82) is 0 Å². The first kappa shape index (κ1) is 21.3. The van der Waals surface area contributed by atoms with Crippen molar-refractivity contribution in [2.75, 3.05) is 5.32 Å². The second-order valence-corrected chi connectivity index (χ2v) is 6.61. The predicted molar refractivity (Wildman–Crippen MR) is 101 cm³/mol. The van der Waals surface area contributed by atoms with E-state index in [0.29, 0.717) is 18.0 Å². The number of pyridine rings is 2. The topological polar surface area (TPSA) is 89.4 Å². The van der Waals surface area contributed by atoms with E-state index in [4.69, 9.17) is 0 Å². The van der Waals surface area contributed by atoms with Crippen molar-refractivity contribution in [3.8, 4) is 11.4 Å². The van der Waals surface area contributed by atoms with Crippen molar-refractivity contribution in [3.05, 3.63) is 59.8 Å². The summed E-state index contributed by atoms with van der Waals surface area (Å²) in [5.41, 5.74) is -1.78. The van der Waals surface area contributed by atoms with Crippen LogP contribution in [-0.4, -0.2) is 29.9 Å². The molecule has 0 aromatic carbocycles. The lowest BCUT2D eigenvalue weighted by Crippen LogP contribution is -2.10. The third-order valence-electron chi connectivity index (χ3n) is 4.25. The first-order valence-electron chi connectivity index (χ1n) is 8.84. The Hall–Kier alpha value is -3.90. The normalized spacial score (nSPS) is 12.2. The second-order valence-electron chi connectivity index (χ2n) is 6.61. The molecule has 4 aromatic heterocycles. The molecule has 0 radical (unpaired) electrons. The van der Waals surface area contributed by atoms with E-state index < -0.39 is 29.2 Å². The molecule has 0 saturated carbocycles. The maximum absolute atomic E-state index is 13.4. The fraction of sp³-hybridized carbons (Fsp3) is 0.158. The number of hydrogen-bond donors (Lipinski definition) is 1. The lowest BCUT2D eigenvalue weighted by molar-refractivity contribution is -0.138. The van der Waals surface area contributed by atoms with Crippen molar-refractivity contribution in [2.24, 2.45) is 0 Å². The Labute approximate surface area is 175 Å². The summed E-state index contributed by atoms with van der Waals surface area (Å²) in [4.78, 5) is 23.4. The van der Waals surface area contributed by atoms with E-state index >= 15 is 0 Å². The van der Waals surface area contributed by atoms with Crippen LogP contribution in [0.5, 0.6) is 0 Å². The summed E-state index contributed by atoms with van der Waals surface area (Å²) in [5, 5.41) is 2.70. The highest BCUT2D eigenvalue weighted by Gasteiger charge is 2.35. The van der Waals surface area contributed by atoms with Crippen molar-refractivity contribution in [2.45, 2.75) is 19.3 Å². The van der Waals surface area contributed by atoms with Crippen LogP contribution in [0.3, 0.4) is 0 Å². The molecule has 0 amide bonds. The molecule has 0 aliphatic carbocycles. The molecule has 1 N–H and O–H groups in total. The zero-order valence-corrected chi connectivity index (χ0v) is 16.0. The van der Waals surface area contributed by atoms with Crippen LogP contribution in [0.1, 0.15) is 16.7 Å². The summed E-state index contributed by atoms with van der Waals surface area (Å²) < 4.78 is 78.3. The molecule has 0 spiro atoms. The number of aromatic nitrogens is 6. The minimum Gasteiger partial charge on any atom is -0.322 e. The molecule has 0 fully saturated rings. The molecule has 13 heteroatoms. The zero-order valence-electron chi connectivity index (χ0n) is 16.0. The SMILES string of the molecule is Cc1cnc(-c2cnc3c(Nc4ncc(C(F)(F)F)cn4)ccnc3n2)c(C(F)(F)F)c1. The summed E-state index contributed by atoms with van der Waals surface area (Å²) in [6.07, 6.45) is -4.31. The fourth-order valence-corrected chi connectivity index (χ4v) is 2.78. The molecular formula is C19H11F6N7. The molecule has 0 unspecified atom stereocenters. The third kappa shape index (κ3) is 4.26. The molecule has 0 aliphatic heterocycles. The molecule has 32 heavy (non-hydrogen) atoms. The average molecular weight is 451 g/mol. The van der Waals surface area contributed by atoms with E-state index in [9.17, 15) is 26.3 Å². The minimum absolute atomic E-state index is 0.00471. The van der Waals surface area contributed by atoms with Gasteiger partial charge in [0.2, 0.25) is 5.95 Å². The Morgan fingerprint density at radius 2 is 1.53 bits per heavy atom. The zero-order chi connectivity index (χ0) is 23.1. The van der Waals surface area contributed by atoms with Gasteiger partial charge in [0.1, 0.15) is 16.9 Å². The van der Waals surface area contributed by atoms with Crippen LogP contribution in [-0.2, 0) is 12.4 Å². The van der Waals surface area contributed by atoms with Gasteiger partial charge in [-0.05, 0) is 24.6 Å². The van der Waals surface area contributed by atoms with Gasteiger partial charge >= 0.3 is 12.4 Å². The first-order valence-corrected chi connectivity index (χ1v) is 8.84. The number of nitrogens with one attached hydrogen (secondary N) is 1. The number of alkyl halides is 6. The molecule has 0 bridgehead atoms. The Morgan fingerprint density at radius 3 is 2.19 bits per heavy atom. The van der Waals surface area contributed by atoms with Crippen LogP contribution in [0.25, 0.3) is 22.6 Å². The van der Waals surface area contributed by atoms with Crippen LogP contribution in [0.15, 0.2) is 43.1 Å². The van der Waals surface area contributed by atoms with Crippen LogP contribution in [0, 0.1) is 6.92 Å². The average Bonchev–Trinajstić information content (AvgIpc) is 2.73. The van der Waals surface area contributed by atoms with E-state index in [1.165, 1.54) is 25.4 Å². The van der Waals surface area contributed by atoms with Gasteiger partial charge in [0.05, 0.1) is 23.0 Å². The Balaban J connectivity index is 1.71. The largest absolute Gasteiger partial charge is 0.419 e. The number of halogens is 6. The number of hydrogen-bond acceptors (Lipinski definition) is 7. The van der Waals surface area contributed by atoms with E-state index in [0.717, 1.165) is 12.3 Å². The Kier molecular flexibility index (Phi) is 5.11. The lowest BCUT2D eigenvalue weighted by atomic mass is 10.1. The van der Waals surface area contributed by atoms with E-state index in [1.807, 2.05) is 0 Å². The summed E-state index contributed by atoms with van der Waals surface area (Å²) in [7, 11) is 0. The van der Waals surface area contributed by atoms with Gasteiger partial charge in [-0.2, -0.15) is 26.3 Å². The molecule has 0 aliphatic rings. The number of rotatable bonds is 3. The van der Waals surface area contributed by atoms with Crippen LogP contribution in [0.4, 0.5) is 38.0 Å². The van der Waals surface area contributed by atoms with Crippen molar-refractivity contribution in [1.82, 2.24) is 29.9 Å². The molecule has 4 aromatic rings. The van der Waals surface area contributed by atoms with E-state index in [2.05, 4.69) is 35.2 Å². The van der Waals surface area contributed by atoms with Crippen molar-refractivity contribution >= 4 is 22.8 Å². The van der Waals surface area contributed by atoms with Gasteiger partial charge in [-0.15, -0.1) is 0 Å². The number of aryl methyl sites for hydroxylation is 1. The number of fused-ring (bicyclic) bond motifs is 1. The minimum atomic E-state index is -4.65. The van der Waals surface area contributed by atoms with Gasteiger partial charge in [-0.3, -0.25) is 4.98 Å². The van der Waals surface area contributed by atoms with Gasteiger partial charge in [-0.1, -0.05) is 0 Å². The van der Waals surface area contributed by atoms with Crippen LogP contribution >= 0.6 is 0 Å². The summed E-state index contributed by atoms with van der Waals surface area (Å²) >= 11 is 0. The van der Waals surface area contributed by atoms with Crippen LogP contribution < -0.4 is 5.32 Å². The fourth-order valence-electron chi connectivity index (χ4n) is 2.78. The molecule has 0 saturated heterocycles. The van der Waals surface area contributed by atoms with Crippen molar-refractivity contribution < 1.29 is 26.3 Å². The standard InChI is InChI=1S/C19H11F6N7/c1-9-4-11(19(23,24)25)14(27-5-9)13-8-28-15-12(2-3-26-16(15)31-13)32-17-29-6-10(7-30-17)18(20,21)22/h2-8H,1H3,(H,26,29,30,31,32). The highest BCUT2D eigenvalue weighted by molar-refractivity contribution is 5.87. The monoisotopic (exact) mass is 451 g/mol. The quantitative estimate of drug-likeness (QED) is 0.440. The van der Waals surface area contributed by atoms with Gasteiger partial charge in [0.15, 0.2) is 5.65 Å². The van der Waals surface area contributed by atoms with Gasteiger partial charge in [0, 0.05) is 24.8 Å². The maximum atomic E-state index is 13.4. The maximum Gasteiger partial charge on any atom is 0.419 e. The third-order valence-corrected chi connectivity index (χ3v) is 4.25. The highest BCUT2D eigenvalue weighted by Crippen LogP contribution is 2.36. The molecule has 7 nitrogen and oxygen atoms in total.